The van der Waals surface area contributed by atoms with E-state index in [9.17, 15) is 9.59 Å². The Kier molecular flexibility index (Phi) is 5.53. The Morgan fingerprint density at radius 1 is 1.00 bits per heavy atom. The third kappa shape index (κ3) is 4.21. The molecule has 0 saturated heterocycles. The molecule has 0 radical (unpaired) electrons. The minimum absolute atomic E-state index is 0.211. The van der Waals surface area contributed by atoms with Gasteiger partial charge in [-0.25, -0.2) is 0 Å². The highest BCUT2D eigenvalue weighted by atomic mass is 79.9. The lowest BCUT2D eigenvalue weighted by atomic mass is 10.0. The van der Waals surface area contributed by atoms with Crippen LogP contribution in [0, 0.1) is 6.92 Å². The molecule has 26 heavy (non-hydrogen) atoms. The normalized spacial score (nSPS) is 10.4. The smallest absolute Gasteiger partial charge is 0.276 e. The highest BCUT2D eigenvalue weighted by molar-refractivity contribution is 9.10. The predicted molar refractivity (Wildman–Crippen MR) is 104 cm³/mol. The number of hydrazine groups is 1. The summed E-state index contributed by atoms with van der Waals surface area (Å²) in [4.78, 5) is 24.3. The Morgan fingerprint density at radius 3 is 2.58 bits per heavy atom. The molecule has 0 aliphatic heterocycles. The number of aryl methyl sites for hydroxylation is 1. The van der Waals surface area contributed by atoms with Gasteiger partial charge in [-0.05, 0) is 57.4 Å². The molecule has 0 unspecified atom stereocenters. The standard InChI is InChI=1S/C20H17BrN2O3/c1-13-9-10-18(17(21)11-13)26-12-19(24)22-23-20(25)16-8-4-6-14-5-2-3-7-15(14)16/h2-11H,12H2,1H3,(H,22,24)(H,23,25). The van der Waals surface area contributed by atoms with E-state index in [1.165, 1.54) is 0 Å². The SMILES string of the molecule is Cc1ccc(OCC(=O)NNC(=O)c2cccc3ccccc23)c(Br)c1. The fraction of sp³-hybridized carbons (Fsp3) is 0.100. The molecule has 0 aromatic heterocycles. The second-order valence-electron chi connectivity index (χ2n) is 5.75. The molecule has 0 spiro atoms. The molecule has 3 aromatic carbocycles. The topological polar surface area (TPSA) is 67.4 Å². The molecule has 0 saturated carbocycles. The molecule has 5 nitrogen and oxygen atoms in total. The summed E-state index contributed by atoms with van der Waals surface area (Å²) in [6.45, 7) is 1.75. The number of nitrogens with one attached hydrogen (secondary N) is 2. The first kappa shape index (κ1) is 17.9. The fourth-order valence-electron chi connectivity index (χ4n) is 2.52. The average Bonchev–Trinajstić information content (AvgIpc) is 2.65. The summed E-state index contributed by atoms with van der Waals surface area (Å²) in [7, 11) is 0. The molecule has 2 N–H and O–H groups in total. The van der Waals surface area contributed by atoms with Crippen LogP contribution in [0.2, 0.25) is 0 Å². The van der Waals surface area contributed by atoms with Crippen LogP contribution in [0.3, 0.4) is 0 Å². The minimum Gasteiger partial charge on any atom is -0.483 e. The van der Waals surface area contributed by atoms with E-state index in [0.717, 1.165) is 20.8 Å². The van der Waals surface area contributed by atoms with Crippen LogP contribution < -0.4 is 15.6 Å². The number of ether oxygens (including phenoxy) is 1. The number of benzene rings is 3. The first-order valence-electron chi connectivity index (χ1n) is 8.00. The van der Waals surface area contributed by atoms with Gasteiger partial charge in [0.15, 0.2) is 6.61 Å². The molecule has 3 aromatic rings. The number of fused-ring (bicyclic) bond motifs is 1. The molecule has 6 heteroatoms. The van der Waals surface area contributed by atoms with Gasteiger partial charge in [0.2, 0.25) is 0 Å². The van der Waals surface area contributed by atoms with E-state index in [2.05, 4.69) is 26.8 Å². The molecular weight excluding hydrogens is 396 g/mol. The maximum Gasteiger partial charge on any atom is 0.276 e. The summed E-state index contributed by atoms with van der Waals surface area (Å²) in [5, 5.41) is 1.78. The van der Waals surface area contributed by atoms with Crippen molar-refractivity contribution >= 4 is 38.5 Å². The highest BCUT2D eigenvalue weighted by Gasteiger charge is 2.11. The zero-order valence-electron chi connectivity index (χ0n) is 14.1. The molecule has 0 aliphatic carbocycles. The summed E-state index contributed by atoms with van der Waals surface area (Å²) in [5.41, 5.74) is 6.36. The summed E-state index contributed by atoms with van der Waals surface area (Å²) in [6.07, 6.45) is 0. The van der Waals surface area contributed by atoms with Gasteiger partial charge in [0.05, 0.1) is 4.47 Å². The third-order valence-electron chi connectivity index (χ3n) is 3.80. The maximum atomic E-state index is 12.4. The Hall–Kier alpha value is -2.86. The van der Waals surface area contributed by atoms with Gasteiger partial charge in [0.25, 0.3) is 11.8 Å². The van der Waals surface area contributed by atoms with Gasteiger partial charge in [-0.1, -0.05) is 42.5 Å². The van der Waals surface area contributed by atoms with Gasteiger partial charge >= 0.3 is 0 Å². The monoisotopic (exact) mass is 412 g/mol. The Morgan fingerprint density at radius 2 is 1.77 bits per heavy atom. The first-order valence-corrected chi connectivity index (χ1v) is 8.80. The number of hydrogen-bond donors (Lipinski definition) is 2. The highest BCUT2D eigenvalue weighted by Crippen LogP contribution is 2.25. The number of carbonyl (C=O) groups excluding carboxylic acids is 2. The van der Waals surface area contributed by atoms with Crippen LogP contribution >= 0.6 is 15.9 Å². The molecular formula is C20H17BrN2O3. The van der Waals surface area contributed by atoms with E-state index in [-0.39, 0.29) is 12.5 Å². The van der Waals surface area contributed by atoms with Gasteiger partial charge < -0.3 is 4.74 Å². The van der Waals surface area contributed by atoms with Gasteiger partial charge in [-0.2, -0.15) is 0 Å². The van der Waals surface area contributed by atoms with Crippen LogP contribution in [0.1, 0.15) is 15.9 Å². The molecule has 0 fully saturated rings. The van der Waals surface area contributed by atoms with Crippen LogP contribution in [0.5, 0.6) is 5.75 Å². The second kappa shape index (κ2) is 8.01. The van der Waals surface area contributed by atoms with Crippen molar-refractivity contribution in [2.75, 3.05) is 6.61 Å². The molecule has 132 valence electrons. The van der Waals surface area contributed by atoms with Crippen LogP contribution in [0.15, 0.2) is 65.1 Å². The number of carbonyl (C=O) groups is 2. The van der Waals surface area contributed by atoms with E-state index in [1.807, 2.05) is 49.4 Å². The quantitative estimate of drug-likeness (QED) is 0.641. The van der Waals surface area contributed by atoms with Crippen molar-refractivity contribution < 1.29 is 14.3 Å². The van der Waals surface area contributed by atoms with E-state index < -0.39 is 5.91 Å². The van der Waals surface area contributed by atoms with Crippen LogP contribution in [0.4, 0.5) is 0 Å². The molecule has 3 rings (SSSR count). The molecule has 2 amide bonds. The Balaban J connectivity index is 1.58. The van der Waals surface area contributed by atoms with Crippen LogP contribution in [0.25, 0.3) is 10.8 Å². The Bertz CT molecular complexity index is 967. The largest absolute Gasteiger partial charge is 0.483 e. The number of rotatable bonds is 4. The van der Waals surface area contributed by atoms with Crippen LogP contribution in [-0.4, -0.2) is 18.4 Å². The van der Waals surface area contributed by atoms with Crippen molar-refractivity contribution in [1.82, 2.24) is 10.9 Å². The van der Waals surface area contributed by atoms with Crippen molar-refractivity contribution in [2.24, 2.45) is 0 Å². The zero-order chi connectivity index (χ0) is 18.5. The lowest BCUT2D eigenvalue weighted by Crippen LogP contribution is -2.43. The summed E-state index contributed by atoms with van der Waals surface area (Å²) < 4.78 is 6.22. The van der Waals surface area contributed by atoms with Gasteiger partial charge in [-0.15, -0.1) is 0 Å². The first-order chi connectivity index (χ1) is 12.5. The molecule has 0 atom stereocenters. The minimum atomic E-state index is -0.453. The van der Waals surface area contributed by atoms with Gasteiger partial charge in [-0.3, -0.25) is 20.4 Å². The second-order valence-corrected chi connectivity index (χ2v) is 6.61. The summed E-state index contributed by atoms with van der Waals surface area (Å²) in [6, 6.07) is 18.6. The van der Waals surface area contributed by atoms with E-state index in [4.69, 9.17) is 4.74 Å². The van der Waals surface area contributed by atoms with Crippen molar-refractivity contribution in [3.05, 3.63) is 76.3 Å². The van der Waals surface area contributed by atoms with Crippen molar-refractivity contribution in [3.8, 4) is 5.75 Å². The lowest BCUT2D eigenvalue weighted by Gasteiger charge is -2.11. The summed E-state index contributed by atoms with van der Waals surface area (Å²) >= 11 is 3.39. The molecule has 0 bridgehead atoms. The zero-order valence-corrected chi connectivity index (χ0v) is 15.7. The number of amides is 2. The predicted octanol–water partition coefficient (Wildman–Crippen LogP) is 3.75. The van der Waals surface area contributed by atoms with Gasteiger partial charge in [0.1, 0.15) is 5.75 Å². The number of hydrogen-bond acceptors (Lipinski definition) is 3. The van der Waals surface area contributed by atoms with Crippen molar-refractivity contribution in [2.45, 2.75) is 6.92 Å². The average molecular weight is 413 g/mol. The van der Waals surface area contributed by atoms with E-state index in [0.29, 0.717) is 11.3 Å². The van der Waals surface area contributed by atoms with Crippen LogP contribution in [-0.2, 0) is 4.79 Å². The third-order valence-corrected chi connectivity index (χ3v) is 4.42. The molecule has 0 heterocycles. The van der Waals surface area contributed by atoms with E-state index >= 15 is 0 Å². The number of halogens is 1. The fourth-order valence-corrected chi connectivity index (χ4v) is 3.13. The molecule has 0 aliphatic rings. The van der Waals surface area contributed by atoms with E-state index in [1.54, 1.807) is 18.2 Å². The summed E-state index contributed by atoms with van der Waals surface area (Å²) in [5.74, 6) is -0.274. The van der Waals surface area contributed by atoms with Crippen molar-refractivity contribution in [1.29, 1.82) is 0 Å². The Labute approximate surface area is 159 Å². The van der Waals surface area contributed by atoms with Gasteiger partial charge in [0, 0.05) is 5.56 Å². The van der Waals surface area contributed by atoms with Crippen molar-refractivity contribution in [3.63, 3.8) is 0 Å². The maximum absolute atomic E-state index is 12.4. The lowest BCUT2D eigenvalue weighted by molar-refractivity contribution is -0.123.